The molecule has 1 fully saturated rings. The summed E-state index contributed by atoms with van der Waals surface area (Å²) in [7, 11) is 0. The third-order valence-electron chi connectivity index (χ3n) is 3.88. The second kappa shape index (κ2) is 9.02. The molecule has 23 heavy (non-hydrogen) atoms. The van der Waals surface area contributed by atoms with Crippen LogP contribution in [0.25, 0.3) is 0 Å². The lowest BCUT2D eigenvalue weighted by molar-refractivity contribution is -0.127. The normalized spacial score (nSPS) is 14.0. The van der Waals surface area contributed by atoms with Crippen LogP contribution in [-0.4, -0.2) is 43.2 Å². The summed E-state index contributed by atoms with van der Waals surface area (Å²) >= 11 is 0. The zero-order valence-electron chi connectivity index (χ0n) is 13.6. The molecule has 0 radical (unpaired) electrons. The highest BCUT2D eigenvalue weighted by Gasteiger charge is 2.18. The third kappa shape index (κ3) is 5.47. The van der Waals surface area contributed by atoms with Gasteiger partial charge < -0.3 is 20.3 Å². The molecule has 1 aliphatic rings. The number of rotatable bonds is 8. The number of nitrogens with one attached hydrogen (secondary N) is 2. The Morgan fingerprint density at radius 2 is 2.13 bits per heavy atom. The van der Waals surface area contributed by atoms with Gasteiger partial charge in [0, 0.05) is 26.1 Å². The van der Waals surface area contributed by atoms with Crippen LogP contribution in [0.5, 0.6) is 5.75 Å². The molecule has 6 nitrogen and oxygen atoms in total. The average molecular weight is 319 g/mol. The van der Waals surface area contributed by atoms with Crippen molar-refractivity contribution in [1.82, 2.24) is 15.5 Å². The summed E-state index contributed by atoms with van der Waals surface area (Å²) in [5.74, 6) is 1.01. The van der Waals surface area contributed by atoms with Crippen molar-refractivity contribution in [3.8, 4) is 5.75 Å². The van der Waals surface area contributed by atoms with Crippen molar-refractivity contribution >= 4 is 11.9 Å². The van der Waals surface area contributed by atoms with Crippen molar-refractivity contribution in [2.45, 2.75) is 32.6 Å². The number of hydrogen-bond donors (Lipinski definition) is 2. The zero-order valence-corrected chi connectivity index (χ0v) is 13.6. The second-order valence-electron chi connectivity index (χ2n) is 5.52. The number of likely N-dealkylation sites (tertiary alicyclic amines) is 1. The van der Waals surface area contributed by atoms with E-state index in [-0.39, 0.29) is 18.7 Å². The van der Waals surface area contributed by atoms with Crippen LogP contribution >= 0.6 is 0 Å². The fourth-order valence-corrected chi connectivity index (χ4v) is 2.59. The molecule has 0 unspecified atom stereocenters. The summed E-state index contributed by atoms with van der Waals surface area (Å²) in [4.78, 5) is 25.0. The Kier molecular flexibility index (Phi) is 6.72. The van der Waals surface area contributed by atoms with E-state index in [1.54, 1.807) is 0 Å². The zero-order chi connectivity index (χ0) is 16.5. The van der Waals surface area contributed by atoms with Crippen LogP contribution in [0.1, 0.15) is 31.7 Å². The monoisotopic (exact) mass is 319 g/mol. The number of aryl methyl sites for hydroxylation is 1. The fraction of sp³-hybridized carbons (Fsp3) is 0.529. The summed E-state index contributed by atoms with van der Waals surface area (Å²) in [6, 6.07) is 7.53. The van der Waals surface area contributed by atoms with E-state index >= 15 is 0 Å². The van der Waals surface area contributed by atoms with Crippen LogP contribution in [0, 0.1) is 0 Å². The maximum atomic E-state index is 11.7. The second-order valence-corrected chi connectivity index (χ2v) is 5.52. The number of benzene rings is 1. The van der Waals surface area contributed by atoms with Crippen LogP contribution in [-0.2, 0) is 11.2 Å². The lowest BCUT2D eigenvalue weighted by Gasteiger charge is -2.15. The topological polar surface area (TPSA) is 70.7 Å². The Morgan fingerprint density at radius 1 is 1.30 bits per heavy atom. The summed E-state index contributed by atoms with van der Waals surface area (Å²) in [6.45, 7) is 4.29. The number of amides is 3. The molecule has 1 aromatic carbocycles. The van der Waals surface area contributed by atoms with Crippen molar-refractivity contribution in [2.24, 2.45) is 0 Å². The van der Waals surface area contributed by atoms with Gasteiger partial charge in [-0.05, 0) is 30.9 Å². The minimum atomic E-state index is -0.258. The van der Waals surface area contributed by atoms with Gasteiger partial charge in [-0.25, -0.2) is 4.79 Å². The third-order valence-corrected chi connectivity index (χ3v) is 3.88. The van der Waals surface area contributed by atoms with E-state index in [0.29, 0.717) is 19.5 Å². The van der Waals surface area contributed by atoms with Crippen molar-refractivity contribution in [3.63, 3.8) is 0 Å². The van der Waals surface area contributed by atoms with E-state index in [9.17, 15) is 9.59 Å². The molecule has 6 heteroatoms. The first-order chi connectivity index (χ1) is 11.2. The molecular weight excluding hydrogens is 294 g/mol. The molecule has 0 spiro atoms. The van der Waals surface area contributed by atoms with E-state index < -0.39 is 0 Å². The lowest BCUT2D eigenvalue weighted by Crippen LogP contribution is -2.39. The number of urea groups is 1. The van der Waals surface area contributed by atoms with Crippen molar-refractivity contribution in [3.05, 3.63) is 29.8 Å². The van der Waals surface area contributed by atoms with Gasteiger partial charge in [-0.1, -0.05) is 25.1 Å². The van der Waals surface area contributed by atoms with Crippen molar-refractivity contribution in [2.75, 3.05) is 26.4 Å². The van der Waals surface area contributed by atoms with Gasteiger partial charge in [-0.15, -0.1) is 0 Å². The predicted molar refractivity (Wildman–Crippen MR) is 88.3 cm³/mol. The summed E-state index contributed by atoms with van der Waals surface area (Å²) in [6.07, 6.45) is 3.25. The van der Waals surface area contributed by atoms with Crippen LogP contribution in [0.15, 0.2) is 24.3 Å². The number of carbonyl (C=O) groups is 2. The standard InChI is InChI=1S/C17H25N3O3/c1-2-14-7-3-4-8-15(14)23-13-19-17(22)18-10-6-12-20-11-5-9-16(20)21/h3-4,7-8H,2,5-6,9-13H2,1H3,(H2,18,19,22). The molecule has 2 N–H and O–H groups in total. The Bertz CT molecular complexity index is 534. The van der Waals surface area contributed by atoms with Gasteiger partial charge in [-0.2, -0.15) is 0 Å². The Morgan fingerprint density at radius 3 is 2.87 bits per heavy atom. The van der Waals surface area contributed by atoms with Crippen LogP contribution in [0.2, 0.25) is 0 Å². The van der Waals surface area contributed by atoms with E-state index in [4.69, 9.17) is 4.74 Å². The Hall–Kier alpha value is -2.24. The van der Waals surface area contributed by atoms with Gasteiger partial charge in [0.25, 0.3) is 0 Å². The molecule has 0 aliphatic carbocycles. The van der Waals surface area contributed by atoms with E-state index in [0.717, 1.165) is 37.1 Å². The minimum Gasteiger partial charge on any atom is -0.473 e. The molecule has 0 aromatic heterocycles. The van der Waals surface area contributed by atoms with Gasteiger partial charge in [-0.3, -0.25) is 4.79 Å². The number of para-hydroxylation sites is 1. The van der Waals surface area contributed by atoms with Gasteiger partial charge in [0.1, 0.15) is 5.75 Å². The first-order valence-electron chi connectivity index (χ1n) is 8.21. The molecule has 0 atom stereocenters. The highest BCUT2D eigenvalue weighted by molar-refractivity contribution is 5.78. The lowest BCUT2D eigenvalue weighted by atomic mass is 10.1. The first kappa shape index (κ1) is 17.1. The van der Waals surface area contributed by atoms with Crippen molar-refractivity contribution in [1.29, 1.82) is 0 Å². The summed E-state index contributed by atoms with van der Waals surface area (Å²) in [5, 5.41) is 5.44. The maximum absolute atomic E-state index is 11.7. The first-order valence-corrected chi connectivity index (χ1v) is 8.21. The van der Waals surface area contributed by atoms with E-state index in [1.807, 2.05) is 29.2 Å². The van der Waals surface area contributed by atoms with E-state index in [1.165, 1.54) is 0 Å². The Labute approximate surface area is 137 Å². The molecule has 0 bridgehead atoms. The minimum absolute atomic E-state index is 0.132. The molecule has 126 valence electrons. The molecule has 1 aromatic rings. The molecule has 1 saturated heterocycles. The van der Waals surface area contributed by atoms with E-state index in [2.05, 4.69) is 17.6 Å². The number of carbonyl (C=O) groups excluding carboxylic acids is 2. The van der Waals surface area contributed by atoms with Crippen molar-refractivity contribution < 1.29 is 14.3 Å². The molecule has 1 aliphatic heterocycles. The maximum Gasteiger partial charge on any atom is 0.317 e. The Balaban J connectivity index is 1.57. The smallest absolute Gasteiger partial charge is 0.317 e. The average Bonchev–Trinajstić information content (AvgIpc) is 2.97. The molecule has 0 saturated carbocycles. The SMILES string of the molecule is CCc1ccccc1OCNC(=O)NCCCN1CCCC1=O. The highest BCUT2D eigenvalue weighted by Crippen LogP contribution is 2.17. The summed E-state index contributed by atoms with van der Waals surface area (Å²) < 4.78 is 5.58. The highest BCUT2D eigenvalue weighted by atomic mass is 16.5. The quantitative estimate of drug-likeness (QED) is 0.568. The molecule has 3 amide bonds. The fourth-order valence-electron chi connectivity index (χ4n) is 2.59. The van der Waals surface area contributed by atoms with Gasteiger partial charge in [0.05, 0.1) is 0 Å². The van der Waals surface area contributed by atoms with Crippen LogP contribution in [0.3, 0.4) is 0 Å². The predicted octanol–water partition coefficient (Wildman–Crippen LogP) is 1.90. The largest absolute Gasteiger partial charge is 0.473 e. The van der Waals surface area contributed by atoms with Gasteiger partial charge in [0.15, 0.2) is 6.73 Å². The number of hydrogen-bond acceptors (Lipinski definition) is 3. The van der Waals surface area contributed by atoms with Gasteiger partial charge in [0.2, 0.25) is 5.91 Å². The summed E-state index contributed by atoms with van der Waals surface area (Å²) in [5.41, 5.74) is 1.12. The van der Waals surface area contributed by atoms with Gasteiger partial charge >= 0.3 is 6.03 Å². The molecular formula is C17H25N3O3. The molecule has 2 rings (SSSR count). The van der Waals surface area contributed by atoms with Crippen LogP contribution in [0.4, 0.5) is 4.79 Å². The number of ether oxygens (including phenoxy) is 1. The number of nitrogens with zero attached hydrogens (tertiary/aromatic N) is 1. The van der Waals surface area contributed by atoms with Crippen LogP contribution < -0.4 is 15.4 Å². The molecule has 1 heterocycles.